The number of carboxylic acid groups (broad SMARTS) is 2. The van der Waals surface area contributed by atoms with Crippen LogP contribution in [-0.4, -0.2) is 27.1 Å². The first kappa shape index (κ1) is 18.9. The highest BCUT2D eigenvalue weighted by Crippen LogP contribution is 2.32. The summed E-state index contributed by atoms with van der Waals surface area (Å²) in [5, 5.41) is 16.2. The number of aromatic nitrogens is 1. The van der Waals surface area contributed by atoms with Gasteiger partial charge in [0.2, 0.25) is 0 Å². The van der Waals surface area contributed by atoms with Crippen LogP contribution in [0.15, 0.2) is 65.1 Å². The molecule has 2 aromatic carbocycles. The van der Waals surface area contributed by atoms with Gasteiger partial charge >= 0.3 is 5.97 Å². The molecule has 0 saturated heterocycles. The first-order valence-electron chi connectivity index (χ1n) is 7.99. The molecule has 134 valence electrons. The van der Waals surface area contributed by atoms with Gasteiger partial charge in [0.1, 0.15) is 5.69 Å². The van der Waals surface area contributed by atoms with Gasteiger partial charge in [0.25, 0.3) is 5.97 Å². The zero-order chi connectivity index (χ0) is 18.9. The number of hydrogen-bond donors (Lipinski definition) is 2. The molecule has 26 heavy (non-hydrogen) atoms. The van der Waals surface area contributed by atoms with Crippen molar-refractivity contribution in [3.8, 4) is 22.6 Å². The van der Waals surface area contributed by atoms with Gasteiger partial charge in [-0.2, -0.15) is 0 Å². The predicted molar refractivity (Wildman–Crippen MR) is 96.6 cm³/mol. The number of rotatable bonds is 5. The maximum absolute atomic E-state index is 10.7. The Kier molecular flexibility index (Phi) is 6.68. The molecule has 0 atom stereocenters. The van der Waals surface area contributed by atoms with Crippen LogP contribution in [0, 0.1) is 0 Å². The Balaban J connectivity index is 0.000000552. The molecule has 1 aromatic heterocycles. The third kappa shape index (κ3) is 5.59. The van der Waals surface area contributed by atoms with Gasteiger partial charge in [0.05, 0.1) is 6.42 Å². The van der Waals surface area contributed by atoms with Gasteiger partial charge in [-0.1, -0.05) is 60.7 Å². The van der Waals surface area contributed by atoms with Crippen molar-refractivity contribution in [2.24, 2.45) is 0 Å². The van der Waals surface area contributed by atoms with Gasteiger partial charge in [-0.25, -0.2) is 4.98 Å². The molecule has 0 aliphatic carbocycles. The van der Waals surface area contributed by atoms with E-state index < -0.39 is 11.9 Å². The second-order valence-electron chi connectivity index (χ2n) is 5.43. The normalized spacial score (nSPS) is 9.88. The topological polar surface area (TPSA) is 101 Å². The second-order valence-corrected chi connectivity index (χ2v) is 5.43. The van der Waals surface area contributed by atoms with Gasteiger partial charge in [0, 0.05) is 24.5 Å². The van der Waals surface area contributed by atoms with Crippen LogP contribution in [0.4, 0.5) is 0 Å². The molecule has 3 rings (SSSR count). The molecule has 1 heterocycles. The molecule has 0 amide bonds. The Labute approximate surface area is 150 Å². The minimum absolute atomic E-state index is 0.00295. The molecule has 0 aliphatic heterocycles. The van der Waals surface area contributed by atoms with E-state index in [-0.39, 0.29) is 12.8 Å². The number of aryl methyl sites for hydroxylation is 1. The molecule has 0 spiro atoms. The Hall–Kier alpha value is -3.41. The van der Waals surface area contributed by atoms with Crippen molar-refractivity contribution in [2.75, 3.05) is 0 Å². The Morgan fingerprint density at radius 3 is 1.92 bits per heavy atom. The number of benzene rings is 2. The molecule has 2 N–H and O–H groups in total. The third-order valence-electron chi connectivity index (χ3n) is 3.31. The summed E-state index contributed by atoms with van der Waals surface area (Å²) < 4.78 is 5.83. The first-order valence-corrected chi connectivity index (χ1v) is 7.99. The first-order chi connectivity index (χ1) is 12.5. The van der Waals surface area contributed by atoms with E-state index in [1.54, 1.807) is 0 Å². The SMILES string of the molecule is CC(=O)O.O=C(O)CCc1nc(-c2ccccc2)c(-c2ccccc2)o1. The van der Waals surface area contributed by atoms with Crippen molar-refractivity contribution in [1.82, 2.24) is 4.98 Å². The number of carbonyl (C=O) groups is 2. The number of nitrogens with zero attached hydrogens (tertiary/aromatic N) is 1. The minimum atomic E-state index is -0.860. The minimum Gasteiger partial charge on any atom is -0.481 e. The van der Waals surface area contributed by atoms with E-state index >= 15 is 0 Å². The van der Waals surface area contributed by atoms with Gasteiger partial charge in [0.15, 0.2) is 11.7 Å². The smallest absolute Gasteiger partial charge is 0.303 e. The zero-order valence-electron chi connectivity index (χ0n) is 14.3. The van der Waals surface area contributed by atoms with Crippen LogP contribution in [0.3, 0.4) is 0 Å². The van der Waals surface area contributed by atoms with Crippen molar-refractivity contribution < 1.29 is 24.2 Å². The van der Waals surface area contributed by atoms with E-state index in [2.05, 4.69) is 4.98 Å². The third-order valence-corrected chi connectivity index (χ3v) is 3.31. The summed E-state index contributed by atoms with van der Waals surface area (Å²) in [6.45, 7) is 1.08. The maximum Gasteiger partial charge on any atom is 0.303 e. The Morgan fingerprint density at radius 2 is 1.42 bits per heavy atom. The lowest BCUT2D eigenvalue weighted by molar-refractivity contribution is -0.137. The fourth-order valence-electron chi connectivity index (χ4n) is 2.26. The second kappa shape index (κ2) is 9.17. The number of oxazole rings is 1. The van der Waals surface area contributed by atoms with Gasteiger partial charge in [-0.3, -0.25) is 9.59 Å². The van der Waals surface area contributed by atoms with Crippen molar-refractivity contribution in [1.29, 1.82) is 0 Å². The fourth-order valence-corrected chi connectivity index (χ4v) is 2.26. The van der Waals surface area contributed by atoms with Crippen LogP contribution in [0.25, 0.3) is 22.6 Å². The van der Waals surface area contributed by atoms with Crippen molar-refractivity contribution in [3.05, 3.63) is 66.6 Å². The van der Waals surface area contributed by atoms with Gasteiger partial charge in [-0.05, 0) is 0 Å². The van der Waals surface area contributed by atoms with Crippen LogP contribution in [0.2, 0.25) is 0 Å². The molecule has 0 radical (unpaired) electrons. The molecule has 6 nitrogen and oxygen atoms in total. The van der Waals surface area contributed by atoms with Crippen molar-refractivity contribution in [3.63, 3.8) is 0 Å². The van der Waals surface area contributed by atoms with Crippen molar-refractivity contribution in [2.45, 2.75) is 19.8 Å². The van der Waals surface area contributed by atoms with E-state index in [0.29, 0.717) is 11.7 Å². The number of carboxylic acids is 2. The molecule has 3 aromatic rings. The molecular formula is C20H19NO5. The maximum atomic E-state index is 10.7. The van der Waals surface area contributed by atoms with Crippen LogP contribution < -0.4 is 0 Å². The fraction of sp³-hybridized carbons (Fsp3) is 0.150. The summed E-state index contributed by atoms with van der Waals surface area (Å²) in [7, 11) is 0. The molecular weight excluding hydrogens is 334 g/mol. The molecule has 0 unspecified atom stereocenters. The monoisotopic (exact) mass is 353 g/mol. The van der Waals surface area contributed by atoms with Crippen LogP contribution >= 0.6 is 0 Å². The highest BCUT2D eigenvalue weighted by molar-refractivity contribution is 5.76. The summed E-state index contributed by atoms with van der Waals surface area (Å²) >= 11 is 0. The summed E-state index contributed by atoms with van der Waals surface area (Å²) in [5.74, 6) is -0.576. The molecule has 6 heteroatoms. The largest absolute Gasteiger partial charge is 0.481 e. The molecule has 0 aliphatic rings. The average Bonchev–Trinajstić information content (AvgIpc) is 3.05. The van der Waals surface area contributed by atoms with Gasteiger partial charge in [-0.15, -0.1) is 0 Å². The summed E-state index contributed by atoms with van der Waals surface area (Å²) in [5.41, 5.74) is 2.62. The van der Waals surface area contributed by atoms with E-state index in [1.165, 1.54) is 0 Å². The zero-order valence-corrected chi connectivity index (χ0v) is 14.3. The summed E-state index contributed by atoms with van der Waals surface area (Å²) in [4.78, 5) is 24.2. The quantitative estimate of drug-likeness (QED) is 0.716. The van der Waals surface area contributed by atoms with Crippen LogP contribution in [0.5, 0.6) is 0 Å². The highest BCUT2D eigenvalue weighted by Gasteiger charge is 2.17. The lowest BCUT2D eigenvalue weighted by Gasteiger charge is -2.00. The number of hydrogen-bond acceptors (Lipinski definition) is 4. The summed E-state index contributed by atoms with van der Waals surface area (Å²) in [6.07, 6.45) is 0.283. The Bertz CT molecular complexity index is 795. The molecule has 0 fully saturated rings. The van der Waals surface area contributed by atoms with Crippen LogP contribution in [-0.2, 0) is 16.0 Å². The number of aliphatic carboxylic acids is 2. The summed E-state index contributed by atoms with van der Waals surface area (Å²) in [6, 6.07) is 19.5. The van der Waals surface area contributed by atoms with Crippen LogP contribution in [0.1, 0.15) is 19.2 Å². The van der Waals surface area contributed by atoms with E-state index in [4.69, 9.17) is 19.4 Å². The predicted octanol–water partition coefficient (Wildman–Crippen LogP) is 4.12. The molecule has 0 bridgehead atoms. The van der Waals surface area contributed by atoms with E-state index in [1.807, 2.05) is 60.7 Å². The highest BCUT2D eigenvalue weighted by atomic mass is 16.4. The average molecular weight is 353 g/mol. The lowest BCUT2D eigenvalue weighted by Crippen LogP contribution is -1.97. The molecule has 0 saturated carbocycles. The standard InChI is InChI=1S/C18H15NO3.C2H4O2/c20-16(21)12-11-15-19-17(13-7-3-1-4-8-13)18(22-15)14-9-5-2-6-10-14;1-2(3)4/h1-10H,11-12H2,(H,20,21);1H3,(H,3,4). The van der Waals surface area contributed by atoms with E-state index in [9.17, 15) is 4.79 Å². The Morgan fingerprint density at radius 1 is 0.923 bits per heavy atom. The lowest BCUT2D eigenvalue weighted by atomic mass is 10.1. The van der Waals surface area contributed by atoms with E-state index in [0.717, 1.165) is 23.7 Å². The van der Waals surface area contributed by atoms with Crippen molar-refractivity contribution >= 4 is 11.9 Å². The van der Waals surface area contributed by atoms with Gasteiger partial charge < -0.3 is 14.6 Å².